The number of carboxylic acid groups (broad SMARTS) is 1. The van der Waals surface area contributed by atoms with Crippen molar-refractivity contribution in [2.24, 2.45) is 5.92 Å². The third-order valence-corrected chi connectivity index (χ3v) is 5.63. The highest BCUT2D eigenvalue weighted by molar-refractivity contribution is 7.89. The van der Waals surface area contributed by atoms with Crippen LogP contribution < -0.4 is 4.72 Å². The van der Waals surface area contributed by atoms with Crippen molar-refractivity contribution in [1.29, 1.82) is 0 Å². The molecule has 3 rings (SSSR count). The van der Waals surface area contributed by atoms with Crippen LogP contribution in [0.15, 0.2) is 29.2 Å². The van der Waals surface area contributed by atoms with Crippen molar-refractivity contribution in [2.45, 2.75) is 30.2 Å². The average Bonchev–Trinajstić information content (AvgIpc) is 3.17. The van der Waals surface area contributed by atoms with Gasteiger partial charge >= 0.3 is 5.97 Å². The number of aliphatic carboxylic acids is 1. The molecule has 0 bridgehead atoms. The lowest BCUT2D eigenvalue weighted by Gasteiger charge is -2.16. The fourth-order valence-electron chi connectivity index (χ4n) is 2.61. The fraction of sp³-hybridized carbons (Fsp3) is 0.467. The Morgan fingerprint density at radius 3 is 2.57 bits per heavy atom. The molecule has 1 saturated carbocycles. The first kappa shape index (κ1) is 15.9. The molecule has 2 aliphatic rings. The van der Waals surface area contributed by atoms with E-state index >= 15 is 0 Å². The van der Waals surface area contributed by atoms with E-state index in [4.69, 9.17) is 5.11 Å². The number of hydrogen-bond donors (Lipinski definition) is 2. The number of rotatable bonds is 5. The summed E-state index contributed by atoms with van der Waals surface area (Å²) in [4.78, 5) is 24.9. The third kappa shape index (κ3) is 3.53. The Hall–Kier alpha value is -1.93. The molecule has 23 heavy (non-hydrogen) atoms. The monoisotopic (exact) mass is 338 g/mol. The number of carboxylic acids is 1. The van der Waals surface area contributed by atoms with Gasteiger partial charge in [-0.3, -0.25) is 9.59 Å². The van der Waals surface area contributed by atoms with Gasteiger partial charge < -0.3 is 10.0 Å². The van der Waals surface area contributed by atoms with E-state index in [9.17, 15) is 18.0 Å². The largest absolute Gasteiger partial charge is 0.481 e. The summed E-state index contributed by atoms with van der Waals surface area (Å²) in [6.45, 7) is 0.526. The molecule has 1 saturated heterocycles. The molecule has 1 aliphatic heterocycles. The maximum atomic E-state index is 12.4. The van der Waals surface area contributed by atoms with Crippen LogP contribution in [-0.2, 0) is 14.8 Å². The van der Waals surface area contributed by atoms with Crippen molar-refractivity contribution in [3.8, 4) is 0 Å². The van der Waals surface area contributed by atoms with E-state index in [0.717, 1.165) is 12.8 Å². The molecule has 2 fully saturated rings. The maximum Gasteiger partial charge on any atom is 0.308 e. The number of benzene rings is 1. The van der Waals surface area contributed by atoms with Crippen molar-refractivity contribution in [3.63, 3.8) is 0 Å². The number of amides is 1. The van der Waals surface area contributed by atoms with Gasteiger partial charge in [0, 0.05) is 24.7 Å². The predicted molar refractivity (Wildman–Crippen MR) is 81.4 cm³/mol. The van der Waals surface area contributed by atoms with Crippen LogP contribution in [0.2, 0.25) is 0 Å². The van der Waals surface area contributed by atoms with Crippen molar-refractivity contribution < 1.29 is 23.1 Å². The molecule has 1 unspecified atom stereocenters. The minimum Gasteiger partial charge on any atom is -0.481 e. The predicted octanol–water partition coefficient (Wildman–Crippen LogP) is 0.674. The number of sulfonamides is 1. The summed E-state index contributed by atoms with van der Waals surface area (Å²) < 4.78 is 27.0. The van der Waals surface area contributed by atoms with Crippen LogP contribution in [0, 0.1) is 5.92 Å². The van der Waals surface area contributed by atoms with Gasteiger partial charge in [-0.25, -0.2) is 13.1 Å². The highest BCUT2D eigenvalue weighted by Crippen LogP contribution is 2.23. The van der Waals surface area contributed by atoms with Crippen molar-refractivity contribution in [2.75, 3.05) is 13.1 Å². The second kappa shape index (κ2) is 5.93. The second-order valence-corrected chi connectivity index (χ2v) is 7.71. The van der Waals surface area contributed by atoms with E-state index in [1.54, 1.807) is 6.07 Å². The van der Waals surface area contributed by atoms with E-state index in [0.29, 0.717) is 13.0 Å². The normalized spacial score (nSPS) is 21.4. The van der Waals surface area contributed by atoms with Crippen LogP contribution in [0.1, 0.15) is 29.6 Å². The summed E-state index contributed by atoms with van der Waals surface area (Å²) in [5, 5.41) is 9.00. The molecule has 1 atom stereocenters. The molecule has 8 heteroatoms. The Kier molecular flexibility index (Phi) is 4.11. The number of carbonyl (C=O) groups is 2. The SMILES string of the molecule is O=C(O)C1CCN(C(=O)c2cccc(S(=O)(=O)NC3CC3)c2)C1. The highest BCUT2D eigenvalue weighted by atomic mass is 32.2. The van der Waals surface area contributed by atoms with Crippen molar-refractivity contribution in [3.05, 3.63) is 29.8 Å². The molecule has 1 aliphatic carbocycles. The number of nitrogens with one attached hydrogen (secondary N) is 1. The summed E-state index contributed by atoms with van der Waals surface area (Å²) in [7, 11) is -3.62. The lowest BCUT2D eigenvalue weighted by molar-refractivity contribution is -0.141. The Balaban J connectivity index is 1.77. The number of carbonyl (C=O) groups excluding carboxylic acids is 1. The van der Waals surface area contributed by atoms with Gasteiger partial charge in [0.2, 0.25) is 10.0 Å². The van der Waals surface area contributed by atoms with Crippen molar-refractivity contribution in [1.82, 2.24) is 9.62 Å². The van der Waals surface area contributed by atoms with Gasteiger partial charge in [-0.1, -0.05) is 6.07 Å². The Labute approximate surface area is 134 Å². The molecule has 0 radical (unpaired) electrons. The molecular weight excluding hydrogens is 320 g/mol. The smallest absolute Gasteiger partial charge is 0.308 e. The van der Waals surface area contributed by atoms with Crippen LogP contribution in [-0.4, -0.2) is 49.4 Å². The van der Waals surface area contributed by atoms with E-state index in [2.05, 4.69) is 4.72 Å². The van der Waals surface area contributed by atoms with Crippen LogP contribution in [0.5, 0.6) is 0 Å². The minimum absolute atomic E-state index is 0.00531. The third-order valence-electron chi connectivity index (χ3n) is 4.12. The van der Waals surface area contributed by atoms with Gasteiger partial charge in [0.05, 0.1) is 10.8 Å². The number of hydrogen-bond acceptors (Lipinski definition) is 4. The average molecular weight is 338 g/mol. The quantitative estimate of drug-likeness (QED) is 0.821. The Bertz CT molecular complexity index is 742. The molecule has 1 aromatic carbocycles. The molecule has 1 aromatic rings. The molecule has 1 amide bonds. The zero-order valence-corrected chi connectivity index (χ0v) is 13.3. The van der Waals surface area contributed by atoms with Gasteiger partial charge in [-0.05, 0) is 37.5 Å². The Morgan fingerprint density at radius 2 is 1.96 bits per heavy atom. The molecular formula is C15H18N2O5S. The molecule has 124 valence electrons. The number of nitrogens with zero attached hydrogens (tertiary/aromatic N) is 1. The van der Waals surface area contributed by atoms with Crippen LogP contribution >= 0.6 is 0 Å². The summed E-state index contributed by atoms with van der Waals surface area (Å²) in [6.07, 6.45) is 2.09. The van der Waals surface area contributed by atoms with E-state index in [1.807, 2.05) is 0 Å². The number of likely N-dealkylation sites (tertiary alicyclic amines) is 1. The van der Waals surface area contributed by atoms with E-state index in [1.165, 1.54) is 23.1 Å². The summed E-state index contributed by atoms with van der Waals surface area (Å²) in [5.41, 5.74) is 0.259. The van der Waals surface area contributed by atoms with Gasteiger partial charge in [-0.15, -0.1) is 0 Å². The molecule has 1 heterocycles. The zero-order chi connectivity index (χ0) is 16.6. The van der Waals surface area contributed by atoms with E-state index in [-0.39, 0.29) is 29.0 Å². The first-order valence-corrected chi connectivity index (χ1v) is 8.99. The highest BCUT2D eigenvalue weighted by Gasteiger charge is 2.32. The Morgan fingerprint density at radius 1 is 1.22 bits per heavy atom. The van der Waals surface area contributed by atoms with Gasteiger partial charge in [0.15, 0.2) is 0 Å². The molecule has 2 N–H and O–H groups in total. The molecule has 0 spiro atoms. The molecule has 7 nitrogen and oxygen atoms in total. The first-order chi connectivity index (χ1) is 10.9. The lowest BCUT2D eigenvalue weighted by atomic mass is 10.1. The van der Waals surface area contributed by atoms with Crippen LogP contribution in [0.4, 0.5) is 0 Å². The zero-order valence-electron chi connectivity index (χ0n) is 12.4. The standard InChI is InChI=1S/C15H18N2O5S/c18-14(17-7-6-11(9-17)15(19)20)10-2-1-3-13(8-10)23(21,22)16-12-4-5-12/h1-3,8,11-12,16H,4-7,9H2,(H,19,20). The van der Waals surface area contributed by atoms with Gasteiger partial charge in [0.1, 0.15) is 0 Å². The van der Waals surface area contributed by atoms with Gasteiger partial charge in [0.25, 0.3) is 5.91 Å². The molecule has 0 aromatic heterocycles. The summed E-state index contributed by atoms with van der Waals surface area (Å²) in [6, 6.07) is 5.87. The van der Waals surface area contributed by atoms with Crippen LogP contribution in [0.3, 0.4) is 0 Å². The topological polar surface area (TPSA) is 104 Å². The summed E-state index contributed by atoms with van der Waals surface area (Å²) in [5.74, 6) is -1.80. The van der Waals surface area contributed by atoms with E-state index < -0.39 is 21.9 Å². The van der Waals surface area contributed by atoms with Crippen molar-refractivity contribution >= 4 is 21.9 Å². The maximum absolute atomic E-state index is 12.4. The summed E-state index contributed by atoms with van der Waals surface area (Å²) >= 11 is 0. The first-order valence-electron chi connectivity index (χ1n) is 7.51. The second-order valence-electron chi connectivity index (χ2n) is 6.00. The fourth-order valence-corrected chi connectivity index (χ4v) is 3.96. The minimum atomic E-state index is -3.62. The van der Waals surface area contributed by atoms with Crippen LogP contribution in [0.25, 0.3) is 0 Å². The lowest BCUT2D eigenvalue weighted by Crippen LogP contribution is -2.30. The van der Waals surface area contributed by atoms with Gasteiger partial charge in [-0.2, -0.15) is 0 Å².